The molecule has 0 radical (unpaired) electrons. The summed E-state index contributed by atoms with van der Waals surface area (Å²) in [6.07, 6.45) is 4.05. The molecule has 0 fully saturated rings. The Kier molecular flexibility index (Phi) is 5.82. The lowest BCUT2D eigenvalue weighted by Crippen LogP contribution is -2.08. The summed E-state index contributed by atoms with van der Waals surface area (Å²) >= 11 is 0. The number of hydrazine groups is 1. The summed E-state index contributed by atoms with van der Waals surface area (Å²) in [5, 5.41) is 0. The minimum Gasteiger partial charge on any atom is -0.377 e. The molecule has 1 aromatic rings. The van der Waals surface area contributed by atoms with Crippen LogP contribution in [0.3, 0.4) is 0 Å². The number of anilines is 1. The van der Waals surface area contributed by atoms with Crippen molar-refractivity contribution in [3.05, 3.63) is 23.9 Å². The van der Waals surface area contributed by atoms with Crippen molar-refractivity contribution in [1.29, 1.82) is 0 Å². The molecule has 90 valence electrons. The second kappa shape index (κ2) is 7.19. The van der Waals surface area contributed by atoms with Crippen molar-refractivity contribution in [2.24, 2.45) is 11.8 Å². The van der Waals surface area contributed by atoms with Gasteiger partial charge in [-0.1, -0.05) is 13.8 Å². The molecule has 0 aromatic carbocycles. The van der Waals surface area contributed by atoms with E-state index in [0.717, 1.165) is 24.5 Å². The highest BCUT2D eigenvalue weighted by atomic mass is 16.5. The van der Waals surface area contributed by atoms with Gasteiger partial charge in [-0.25, -0.2) is 10.8 Å². The topological polar surface area (TPSA) is 60.2 Å². The molecule has 0 aliphatic heterocycles. The summed E-state index contributed by atoms with van der Waals surface area (Å²) in [6, 6.07) is 3.83. The first-order valence-corrected chi connectivity index (χ1v) is 5.71. The summed E-state index contributed by atoms with van der Waals surface area (Å²) in [5.74, 6) is 6.69. The molecule has 0 spiro atoms. The van der Waals surface area contributed by atoms with Gasteiger partial charge < -0.3 is 10.2 Å². The van der Waals surface area contributed by atoms with Crippen LogP contribution in [-0.4, -0.2) is 11.6 Å². The van der Waals surface area contributed by atoms with Gasteiger partial charge in [0.2, 0.25) is 0 Å². The van der Waals surface area contributed by atoms with E-state index in [0.29, 0.717) is 12.4 Å². The molecule has 4 heteroatoms. The maximum Gasteiger partial charge on any atom is 0.140 e. The summed E-state index contributed by atoms with van der Waals surface area (Å²) in [5.41, 5.74) is 3.61. The number of rotatable bonds is 7. The minimum absolute atomic E-state index is 0.620. The van der Waals surface area contributed by atoms with Crippen LogP contribution in [0.15, 0.2) is 18.3 Å². The van der Waals surface area contributed by atoms with Crippen molar-refractivity contribution < 1.29 is 4.74 Å². The number of nitrogens with zero attached hydrogens (tertiary/aromatic N) is 1. The third kappa shape index (κ3) is 5.09. The summed E-state index contributed by atoms with van der Waals surface area (Å²) in [6.45, 7) is 5.88. The molecule has 0 saturated heterocycles. The second-order valence-electron chi connectivity index (χ2n) is 4.28. The predicted octanol–water partition coefficient (Wildman–Crippen LogP) is 2.32. The minimum atomic E-state index is 0.620. The summed E-state index contributed by atoms with van der Waals surface area (Å²) in [7, 11) is 0. The molecule has 0 aliphatic rings. The quantitative estimate of drug-likeness (QED) is 0.423. The molecular formula is C12H21N3O. The molecule has 1 aromatic heterocycles. The van der Waals surface area contributed by atoms with Crippen LogP contribution in [0.1, 0.15) is 32.3 Å². The fraction of sp³-hybridized carbons (Fsp3) is 0.583. The van der Waals surface area contributed by atoms with Gasteiger partial charge >= 0.3 is 0 Å². The highest BCUT2D eigenvalue weighted by Crippen LogP contribution is 2.08. The van der Waals surface area contributed by atoms with Crippen LogP contribution < -0.4 is 11.3 Å². The Morgan fingerprint density at radius 3 is 3.00 bits per heavy atom. The monoisotopic (exact) mass is 223 g/mol. The Hall–Kier alpha value is -1.13. The van der Waals surface area contributed by atoms with Crippen LogP contribution in [0, 0.1) is 5.92 Å². The maximum atomic E-state index is 5.57. The lowest BCUT2D eigenvalue weighted by Gasteiger charge is -2.07. The maximum absolute atomic E-state index is 5.57. The zero-order valence-electron chi connectivity index (χ0n) is 10.1. The van der Waals surface area contributed by atoms with E-state index in [4.69, 9.17) is 10.6 Å². The van der Waals surface area contributed by atoms with E-state index >= 15 is 0 Å². The van der Waals surface area contributed by atoms with Crippen molar-refractivity contribution in [1.82, 2.24) is 4.98 Å². The van der Waals surface area contributed by atoms with E-state index < -0.39 is 0 Å². The largest absolute Gasteiger partial charge is 0.377 e. The third-order valence-corrected chi connectivity index (χ3v) is 2.31. The Balaban J connectivity index is 2.21. The highest BCUT2D eigenvalue weighted by Gasteiger charge is 1.97. The van der Waals surface area contributed by atoms with Gasteiger partial charge in [0, 0.05) is 12.8 Å². The van der Waals surface area contributed by atoms with E-state index in [9.17, 15) is 0 Å². The van der Waals surface area contributed by atoms with Gasteiger partial charge in [-0.3, -0.25) is 0 Å². The van der Waals surface area contributed by atoms with Gasteiger partial charge in [0.25, 0.3) is 0 Å². The van der Waals surface area contributed by atoms with Crippen molar-refractivity contribution >= 4 is 5.82 Å². The summed E-state index contributed by atoms with van der Waals surface area (Å²) < 4.78 is 5.57. The number of pyridine rings is 1. The van der Waals surface area contributed by atoms with Crippen LogP contribution in [-0.2, 0) is 11.3 Å². The Bertz CT molecular complexity index is 302. The van der Waals surface area contributed by atoms with E-state index in [1.54, 1.807) is 6.20 Å². The van der Waals surface area contributed by atoms with E-state index in [2.05, 4.69) is 24.3 Å². The first kappa shape index (κ1) is 12.9. The smallest absolute Gasteiger partial charge is 0.140 e. The molecule has 16 heavy (non-hydrogen) atoms. The third-order valence-electron chi connectivity index (χ3n) is 2.31. The molecule has 0 saturated carbocycles. The molecular weight excluding hydrogens is 202 g/mol. The Morgan fingerprint density at radius 1 is 1.50 bits per heavy atom. The molecule has 1 rings (SSSR count). The fourth-order valence-corrected chi connectivity index (χ4v) is 1.43. The number of hydrogen-bond acceptors (Lipinski definition) is 4. The molecule has 0 unspecified atom stereocenters. The number of nitrogens with two attached hydrogens (primary N) is 1. The number of hydrogen-bond donors (Lipinski definition) is 2. The molecule has 1 heterocycles. The second-order valence-corrected chi connectivity index (χ2v) is 4.28. The normalized spacial score (nSPS) is 10.8. The molecule has 4 nitrogen and oxygen atoms in total. The van der Waals surface area contributed by atoms with Gasteiger partial charge in [0.05, 0.1) is 6.61 Å². The SMILES string of the molecule is CC(C)CCCOCc1ccnc(NN)c1. The molecule has 0 bridgehead atoms. The van der Waals surface area contributed by atoms with Crippen LogP contribution in [0.4, 0.5) is 5.82 Å². The predicted molar refractivity (Wildman–Crippen MR) is 65.8 cm³/mol. The van der Waals surface area contributed by atoms with Crippen LogP contribution >= 0.6 is 0 Å². The average molecular weight is 223 g/mol. The van der Waals surface area contributed by atoms with E-state index in [1.165, 1.54) is 6.42 Å². The van der Waals surface area contributed by atoms with Crippen LogP contribution in [0.25, 0.3) is 0 Å². The number of ether oxygens (including phenoxy) is 1. The van der Waals surface area contributed by atoms with Crippen molar-refractivity contribution in [3.8, 4) is 0 Å². The zero-order chi connectivity index (χ0) is 11.8. The van der Waals surface area contributed by atoms with Crippen molar-refractivity contribution in [2.75, 3.05) is 12.0 Å². The lowest BCUT2D eigenvalue weighted by atomic mass is 10.1. The average Bonchev–Trinajstić information content (AvgIpc) is 2.28. The fourth-order valence-electron chi connectivity index (χ4n) is 1.43. The number of nitrogen functional groups attached to an aromatic ring is 1. The van der Waals surface area contributed by atoms with E-state index in [-0.39, 0.29) is 0 Å². The zero-order valence-corrected chi connectivity index (χ0v) is 10.1. The highest BCUT2D eigenvalue weighted by molar-refractivity contribution is 5.35. The first-order chi connectivity index (χ1) is 7.72. The van der Waals surface area contributed by atoms with Gasteiger partial charge in [-0.2, -0.15) is 0 Å². The Labute approximate surface area is 97.2 Å². The van der Waals surface area contributed by atoms with Crippen LogP contribution in [0.2, 0.25) is 0 Å². The van der Waals surface area contributed by atoms with Gasteiger partial charge in [-0.05, 0) is 36.5 Å². The molecule has 3 N–H and O–H groups in total. The molecule has 0 aliphatic carbocycles. The van der Waals surface area contributed by atoms with Gasteiger partial charge in [0.15, 0.2) is 0 Å². The van der Waals surface area contributed by atoms with Gasteiger partial charge in [-0.15, -0.1) is 0 Å². The number of nitrogens with one attached hydrogen (secondary N) is 1. The number of aromatic nitrogens is 1. The lowest BCUT2D eigenvalue weighted by molar-refractivity contribution is 0.115. The van der Waals surface area contributed by atoms with Crippen LogP contribution in [0.5, 0.6) is 0 Å². The molecule has 0 atom stereocenters. The van der Waals surface area contributed by atoms with Crippen molar-refractivity contribution in [3.63, 3.8) is 0 Å². The van der Waals surface area contributed by atoms with E-state index in [1.807, 2.05) is 12.1 Å². The standard InChI is InChI=1S/C12H21N3O/c1-10(2)4-3-7-16-9-11-5-6-14-12(8-11)15-13/h5-6,8,10H,3-4,7,9,13H2,1-2H3,(H,14,15). The summed E-state index contributed by atoms with van der Waals surface area (Å²) in [4.78, 5) is 4.03. The van der Waals surface area contributed by atoms with Crippen molar-refractivity contribution in [2.45, 2.75) is 33.3 Å². The van der Waals surface area contributed by atoms with Gasteiger partial charge in [0.1, 0.15) is 5.82 Å². The molecule has 0 amide bonds. The Morgan fingerprint density at radius 2 is 2.31 bits per heavy atom. The first-order valence-electron chi connectivity index (χ1n) is 5.71.